The molecule has 0 bridgehead atoms. The molecule has 1 heterocycles. The molecule has 1 aromatic heterocycles. The van der Waals surface area contributed by atoms with Gasteiger partial charge in [-0.15, -0.1) is 0 Å². The lowest BCUT2D eigenvalue weighted by Crippen LogP contribution is -2.39. The van der Waals surface area contributed by atoms with Crippen molar-refractivity contribution in [2.24, 2.45) is 0 Å². The lowest BCUT2D eigenvalue weighted by atomic mass is 10.1. The Labute approximate surface area is 120 Å². The summed E-state index contributed by atoms with van der Waals surface area (Å²) >= 11 is 3.36. The number of carbonyl (C=O) groups is 1. The van der Waals surface area contributed by atoms with Gasteiger partial charge in [0.15, 0.2) is 0 Å². The molecule has 1 amide bonds. The number of rotatable bonds is 5. The van der Waals surface area contributed by atoms with Crippen LogP contribution >= 0.6 is 15.9 Å². The fourth-order valence-corrected chi connectivity index (χ4v) is 2.23. The first-order valence-corrected chi connectivity index (χ1v) is 7.08. The number of halogens is 1. The van der Waals surface area contributed by atoms with Gasteiger partial charge in [0.25, 0.3) is 5.91 Å². The van der Waals surface area contributed by atoms with Gasteiger partial charge >= 0.3 is 0 Å². The molecule has 1 atom stereocenters. The van der Waals surface area contributed by atoms with E-state index in [0.717, 1.165) is 10.9 Å². The Balaban J connectivity index is 2.26. The SMILES string of the molecule is COCC(CBr)NC(=O)c1ccnc2ccccc12. The van der Waals surface area contributed by atoms with E-state index in [-0.39, 0.29) is 11.9 Å². The Bertz CT molecular complexity index is 569. The summed E-state index contributed by atoms with van der Waals surface area (Å²) in [4.78, 5) is 16.5. The maximum absolute atomic E-state index is 12.3. The molecule has 0 aliphatic rings. The molecule has 1 N–H and O–H groups in total. The van der Waals surface area contributed by atoms with Crippen molar-refractivity contribution in [1.82, 2.24) is 10.3 Å². The monoisotopic (exact) mass is 322 g/mol. The summed E-state index contributed by atoms with van der Waals surface area (Å²) in [6.07, 6.45) is 1.65. The van der Waals surface area contributed by atoms with Crippen molar-refractivity contribution in [2.75, 3.05) is 19.0 Å². The summed E-state index contributed by atoms with van der Waals surface area (Å²) in [5.74, 6) is -0.111. The zero-order valence-electron chi connectivity index (χ0n) is 10.6. The Morgan fingerprint density at radius 3 is 2.95 bits per heavy atom. The number of aromatic nitrogens is 1. The van der Waals surface area contributed by atoms with Crippen molar-refractivity contribution >= 4 is 32.7 Å². The maximum Gasteiger partial charge on any atom is 0.252 e. The Hall–Kier alpha value is -1.46. The summed E-state index contributed by atoms with van der Waals surface area (Å²) in [7, 11) is 1.61. The van der Waals surface area contributed by atoms with E-state index >= 15 is 0 Å². The van der Waals surface area contributed by atoms with Gasteiger partial charge in [0.1, 0.15) is 0 Å². The molecule has 0 saturated heterocycles. The maximum atomic E-state index is 12.3. The van der Waals surface area contributed by atoms with Crippen LogP contribution < -0.4 is 5.32 Å². The van der Waals surface area contributed by atoms with E-state index in [4.69, 9.17) is 4.74 Å². The highest BCUT2D eigenvalue weighted by atomic mass is 79.9. The van der Waals surface area contributed by atoms with Gasteiger partial charge in [0, 0.05) is 24.0 Å². The topological polar surface area (TPSA) is 51.2 Å². The van der Waals surface area contributed by atoms with Crippen LogP contribution in [-0.4, -0.2) is 36.0 Å². The number of benzene rings is 1. The predicted molar refractivity (Wildman–Crippen MR) is 78.7 cm³/mol. The van der Waals surface area contributed by atoms with Crippen LogP contribution in [0.5, 0.6) is 0 Å². The zero-order valence-corrected chi connectivity index (χ0v) is 12.2. The minimum Gasteiger partial charge on any atom is -0.383 e. The number of para-hydroxylation sites is 1. The molecule has 2 aromatic rings. The Morgan fingerprint density at radius 2 is 2.21 bits per heavy atom. The average Bonchev–Trinajstić information content (AvgIpc) is 2.46. The van der Waals surface area contributed by atoms with E-state index in [1.165, 1.54) is 0 Å². The van der Waals surface area contributed by atoms with Gasteiger partial charge in [-0.2, -0.15) is 0 Å². The normalized spacial score (nSPS) is 12.3. The fraction of sp³-hybridized carbons (Fsp3) is 0.286. The van der Waals surface area contributed by atoms with Crippen molar-refractivity contribution in [3.05, 3.63) is 42.1 Å². The smallest absolute Gasteiger partial charge is 0.252 e. The molecule has 1 aromatic carbocycles. The van der Waals surface area contributed by atoms with Crippen LogP contribution in [0.4, 0.5) is 0 Å². The Kier molecular flexibility index (Phi) is 4.87. The molecule has 100 valence electrons. The van der Waals surface area contributed by atoms with E-state index in [9.17, 15) is 4.79 Å². The van der Waals surface area contributed by atoms with Crippen LogP contribution in [0.15, 0.2) is 36.5 Å². The highest BCUT2D eigenvalue weighted by Gasteiger charge is 2.14. The first-order valence-electron chi connectivity index (χ1n) is 5.95. The number of amides is 1. The number of hydrogen-bond acceptors (Lipinski definition) is 3. The van der Waals surface area contributed by atoms with E-state index in [1.807, 2.05) is 24.3 Å². The lowest BCUT2D eigenvalue weighted by molar-refractivity contribution is 0.0909. The van der Waals surface area contributed by atoms with Gasteiger partial charge in [-0.1, -0.05) is 34.1 Å². The van der Waals surface area contributed by atoms with Crippen molar-refractivity contribution in [3.63, 3.8) is 0 Å². The average molecular weight is 323 g/mol. The molecule has 0 spiro atoms. The highest BCUT2D eigenvalue weighted by Crippen LogP contribution is 2.16. The first kappa shape index (κ1) is 14.0. The highest BCUT2D eigenvalue weighted by molar-refractivity contribution is 9.09. The van der Waals surface area contributed by atoms with Crippen LogP contribution in [0, 0.1) is 0 Å². The number of hydrogen-bond donors (Lipinski definition) is 1. The molecule has 1 unspecified atom stereocenters. The molecule has 19 heavy (non-hydrogen) atoms. The number of nitrogens with zero attached hydrogens (tertiary/aromatic N) is 1. The van der Waals surface area contributed by atoms with E-state index < -0.39 is 0 Å². The quantitative estimate of drug-likeness (QED) is 0.860. The standard InChI is InChI=1S/C14H15BrN2O2/c1-19-9-10(8-15)17-14(18)12-6-7-16-13-5-3-2-4-11(12)13/h2-7,10H,8-9H2,1H3,(H,17,18). The summed E-state index contributed by atoms with van der Waals surface area (Å²) in [5.41, 5.74) is 1.45. The molecule has 4 nitrogen and oxygen atoms in total. The van der Waals surface area contributed by atoms with Gasteiger partial charge in [-0.25, -0.2) is 0 Å². The van der Waals surface area contributed by atoms with Crippen LogP contribution in [0.1, 0.15) is 10.4 Å². The molecular weight excluding hydrogens is 308 g/mol. The molecule has 0 saturated carbocycles. The second kappa shape index (κ2) is 6.63. The van der Waals surface area contributed by atoms with Gasteiger partial charge in [0.2, 0.25) is 0 Å². The molecular formula is C14H15BrN2O2. The zero-order chi connectivity index (χ0) is 13.7. The molecule has 0 aliphatic heterocycles. The first-order chi connectivity index (χ1) is 9.26. The van der Waals surface area contributed by atoms with E-state index in [0.29, 0.717) is 17.5 Å². The molecule has 0 fully saturated rings. The summed E-state index contributed by atoms with van der Waals surface area (Å²) in [5, 5.41) is 4.44. The van der Waals surface area contributed by atoms with Gasteiger partial charge in [-0.3, -0.25) is 9.78 Å². The molecule has 0 radical (unpaired) electrons. The van der Waals surface area contributed by atoms with Crippen LogP contribution in [0.3, 0.4) is 0 Å². The number of nitrogens with one attached hydrogen (secondary N) is 1. The van der Waals surface area contributed by atoms with Gasteiger partial charge < -0.3 is 10.1 Å². The predicted octanol–water partition coefficient (Wildman–Crippen LogP) is 2.37. The number of alkyl halides is 1. The summed E-state index contributed by atoms with van der Waals surface area (Å²) in [6, 6.07) is 9.28. The van der Waals surface area contributed by atoms with Crippen LogP contribution in [-0.2, 0) is 4.74 Å². The third kappa shape index (κ3) is 3.30. The van der Waals surface area contributed by atoms with Crippen molar-refractivity contribution in [1.29, 1.82) is 0 Å². The minimum absolute atomic E-state index is 0.0515. The number of pyridine rings is 1. The minimum atomic E-state index is -0.111. The van der Waals surface area contributed by atoms with E-state index in [2.05, 4.69) is 26.2 Å². The third-order valence-corrected chi connectivity index (χ3v) is 3.56. The Morgan fingerprint density at radius 1 is 1.42 bits per heavy atom. The fourth-order valence-electron chi connectivity index (χ4n) is 1.88. The second-order valence-corrected chi connectivity index (χ2v) is 4.80. The van der Waals surface area contributed by atoms with E-state index in [1.54, 1.807) is 19.4 Å². The van der Waals surface area contributed by atoms with Gasteiger partial charge in [-0.05, 0) is 12.1 Å². The number of fused-ring (bicyclic) bond motifs is 1. The van der Waals surface area contributed by atoms with Crippen molar-refractivity contribution in [3.8, 4) is 0 Å². The van der Waals surface area contributed by atoms with Gasteiger partial charge in [0.05, 0.1) is 23.7 Å². The van der Waals surface area contributed by atoms with Crippen LogP contribution in [0.2, 0.25) is 0 Å². The number of carbonyl (C=O) groups excluding carboxylic acids is 1. The summed E-state index contributed by atoms with van der Waals surface area (Å²) < 4.78 is 5.06. The number of methoxy groups -OCH3 is 1. The summed E-state index contributed by atoms with van der Waals surface area (Å²) in [6.45, 7) is 0.472. The third-order valence-electron chi connectivity index (χ3n) is 2.78. The molecule has 0 aliphatic carbocycles. The number of ether oxygens (including phenoxy) is 1. The molecule has 5 heteroatoms. The lowest BCUT2D eigenvalue weighted by Gasteiger charge is -2.15. The molecule has 2 rings (SSSR count). The van der Waals surface area contributed by atoms with Crippen LogP contribution in [0.25, 0.3) is 10.9 Å². The van der Waals surface area contributed by atoms with Crippen molar-refractivity contribution in [2.45, 2.75) is 6.04 Å². The largest absolute Gasteiger partial charge is 0.383 e. The second-order valence-electron chi connectivity index (χ2n) is 4.16. The van der Waals surface area contributed by atoms with Crippen molar-refractivity contribution < 1.29 is 9.53 Å².